The molecule has 19 heavy (non-hydrogen) atoms. The molecule has 4 atom stereocenters. The molecule has 0 saturated carbocycles. The molecule has 0 spiro atoms. The Morgan fingerprint density at radius 3 is 2.21 bits per heavy atom. The minimum absolute atomic E-state index is 0.0331. The van der Waals surface area contributed by atoms with Gasteiger partial charge in [0.25, 0.3) is 0 Å². The lowest BCUT2D eigenvalue weighted by Gasteiger charge is -2.33. The van der Waals surface area contributed by atoms with Crippen molar-refractivity contribution in [3.8, 4) is 0 Å². The van der Waals surface area contributed by atoms with Crippen LogP contribution < -0.4 is 5.73 Å². The Kier molecular flexibility index (Phi) is 7.84. The Hall–Kier alpha value is -0.960. The van der Waals surface area contributed by atoms with Crippen LogP contribution in [0.15, 0.2) is 0 Å². The molecule has 0 saturated heterocycles. The lowest BCUT2D eigenvalue weighted by Crippen LogP contribution is -2.52. The lowest BCUT2D eigenvalue weighted by molar-refractivity contribution is -0.138. The molecule has 5 nitrogen and oxygen atoms in total. The topological polar surface area (TPSA) is 80.5 Å². The standard InChI is InChI=1S/C13H25N2O3P/c1-8(2)7-10(17)15(4)11(13(14)18)12(19)9(3)5-6-16/h6,8-9,11-12H,5,7,19H2,1-4H3,(H2,14,18)/t9-,11+,12-/m1/s1. The Bertz CT molecular complexity index is 334. The number of hydrogen-bond acceptors (Lipinski definition) is 3. The van der Waals surface area contributed by atoms with Gasteiger partial charge in [-0.2, -0.15) is 0 Å². The van der Waals surface area contributed by atoms with Gasteiger partial charge in [-0.05, 0) is 11.8 Å². The van der Waals surface area contributed by atoms with Crippen molar-refractivity contribution in [1.82, 2.24) is 4.90 Å². The van der Waals surface area contributed by atoms with Gasteiger partial charge in [-0.1, -0.05) is 20.8 Å². The molecule has 0 aromatic carbocycles. The van der Waals surface area contributed by atoms with E-state index in [4.69, 9.17) is 5.73 Å². The molecule has 110 valence electrons. The van der Waals surface area contributed by atoms with Gasteiger partial charge in [-0.3, -0.25) is 9.59 Å². The molecule has 0 aliphatic heterocycles. The largest absolute Gasteiger partial charge is 0.368 e. The minimum atomic E-state index is -0.703. The molecule has 0 aliphatic rings. The van der Waals surface area contributed by atoms with Crippen LogP contribution in [0, 0.1) is 11.8 Å². The summed E-state index contributed by atoms with van der Waals surface area (Å²) in [7, 11) is 4.12. The summed E-state index contributed by atoms with van der Waals surface area (Å²) in [5, 5.41) is 0. The van der Waals surface area contributed by atoms with Crippen LogP contribution in [0.4, 0.5) is 0 Å². The zero-order valence-corrected chi connectivity index (χ0v) is 13.3. The number of amides is 2. The van der Waals surface area contributed by atoms with Gasteiger partial charge in [0.15, 0.2) is 0 Å². The molecule has 0 aliphatic carbocycles. The highest BCUT2D eigenvalue weighted by atomic mass is 31.0. The summed E-state index contributed by atoms with van der Waals surface area (Å²) in [5.41, 5.74) is 5.17. The zero-order valence-electron chi connectivity index (χ0n) is 12.1. The third-order valence-corrected chi connectivity index (χ3v) is 4.20. The monoisotopic (exact) mass is 288 g/mol. The van der Waals surface area contributed by atoms with Gasteiger partial charge in [0.2, 0.25) is 11.8 Å². The fourth-order valence-corrected chi connectivity index (χ4v) is 2.51. The van der Waals surface area contributed by atoms with Gasteiger partial charge in [0.1, 0.15) is 12.3 Å². The van der Waals surface area contributed by atoms with E-state index in [-0.39, 0.29) is 23.4 Å². The quantitative estimate of drug-likeness (QED) is 0.530. The maximum atomic E-state index is 12.0. The first-order valence-electron chi connectivity index (χ1n) is 6.46. The summed E-state index contributed by atoms with van der Waals surface area (Å²) in [6, 6.07) is -0.703. The Morgan fingerprint density at radius 1 is 1.32 bits per heavy atom. The van der Waals surface area contributed by atoms with Crippen molar-refractivity contribution in [2.45, 2.75) is 45.3 Å². The molecule has 0 aromatic heterocycles. The lowest BCUT2D eigenvalue weighted by atomic mass is 9.96. The average molecular weight is 288 g/mol. The molecule has 0 rings (SSSR count). The predicted octanol–water partition coefficient (Wildman–Crippen LogP) is 0.814. The summed E-state index contributed by atoms with van der Waals surface area (Å²) in [5.74, 6) is -0.463. The number of carbonyl (C=O) groups is 3. The van der Waals surface area contributed by atoms with Crippen LogP contribution in [-0.2, 0) is 14.4 Å². The first-order valence-corrected chi connectivity index (χ1v) is 7.13. The molecular weight excluding hydrogens is 263 g/mol. The highest BCUT2D eigenvalue weighted by Gasteiger charge is 2.33. The number of nitrogens with two attached hydrogens (primary N) is 1. The van der Waals surface area contributed by atoms with E-state index in [0.717, 1.165) is 6.29 Å². The molecule has 0 aromatic rings. The van der Waals surface area contributed by atoms with E-state index >= 15 is 0 Å². The molecule has 2 amide bonds. The summed E-state index contributed by atoms with van der Waals surface area (Å²) < 4.78 is 0. The van der Waals surface area contributed by atoms with E-state index < -0.39 is 11.9 Å². The Balaban J connectivity index is 4.94. The third-order valence-electron chi connectivity index (χ3n) is 3.17. The maximum Gasteiger partial charge on any atom is 0.240 e. The van der Waals surface area contributed by atoms with Crippen LogP contribution >= 0.6 is 9.24 Å². The van der Waals surface area contributed by atoms with Crippen LogP contribution in [0.3, 0.4) is 0 Å². The molecule has 6 heteroatoms. The maximum absolute atomic E-state index is 12.0. The first-order chi connectivity index (χ1) is 8.72. The van der Waals surface area contributed by atoms with Crippen molar-refractivity contribution < 1.29 is 14.4 Å². The van der Waals surface area contributed by atoms with Gasteiger partial charge >= 0.3 is 0 Å². The second-order valence-corrected chi connectivity index (χ2v) is 6.18. The van der Waals surface area contributed by atoms with Crippen molar-refractivity contribution in [1.29, 1.82) is 0 Å². The van der Waals surface area contributed by atoms with Crippen molar-refractivity contribution in [3.63, 3.8) is 0 Å². The Morgan fingerprint density at radius 2 is 1.84 bits per heavy atom. The summed E-state index contributed by atoms with van der Waals surface area (Å²) in [6.07, 6.45) is 1.53. The molecular formula is C13H25N2O3P. The van der Waals surface area contributed by atoms with Crippen LogP contribution in [-0.4, -0.2) is 41.7 Å². The minimum Gasteiger partial charge on any atom is -0.368 e. The first kappa shape index (κ1) is 18.0. The van der Waals surface area contributed by atoms with E-state index in [1.807, 2.05) is 20.8 Å². The number of rotatable bonds is 8. The van der Waals surface area contributed by atoms with Crippen molar-refractivity contribution in [2.75, 3.05) is 7.05 Å². The highest BCUT2D eigenvalue weighted by Crippen LogP contribution is 2.23. The molecule has 2 N–H and O–H groups in total. The van der Waals surface area contributed by atoms with Gasteiger partial charge < -0.3 is 15.4 Å². The molecule has 0 fully saturated rings. The van der Waals surface area contributed by atoms with Crippen LogP contribution in [0.25, 0.3) is 0 Å². The zero-order chi connectivity index (χ0) is 15.2. The normalized spacial score (nSPS) is 15.7. The van der Waals surface area contributed by atoms with Gasteiger partial charge in [0, 0.05) is 25.5 Å². The van der Waals surface area contributed by atoms with E-state index in [1.54, 1.807) is 7.05 Å². The van der Waals surface area contributed by atoms with E-state index in [0.29, 0.717) is 12.8 Å². The van der Waals surface area contributed by atoms with Crippen molar-refractivity contribution in [3.05, 3.63) is 0 Å². The highest BCUT2D eigenvalue weighted by molar-refractivity contribution is 7.17. The van der Waals surface area contributed by atoms with Crippen molar-refractivity contribution >= 4 is 27.3 Å². The van der Waals surface area contributed by atoms with E-state index in [9.17, 15) is 14.4 Å². The van der Waals surface area contributed by atoms with Crippen LogP contribution in [0.5, 0.6) is 0 Å². The fourth-order valence-electron chi connectivity index (χ4n) is 1.91. The number of aldehydes is 1. The molecule has 0 heterocycles. The van der Waals surface area contributed by atoms with Crippen LogP contribution in [0.2, 0.25) is 0 Å². The van der Waals surface area contributed by atoms with Gasteiger partial charge in [0.05, 0.1) is 0 Å². The number of hydrogen-bond donors (Lipinski definition) is 1. The number of primary amides is 1. The molecule has 0 radical (unpaired) electrons. The fraction of sp³-hybridized carbons (Fsp3) is 0.769. The molecule has 0 bridgehead atoms. The smallest absolute Gasteiger partial charge is 0.240 e. The number of carbonyl (C=O) groups excluding carboxylic acids is 3. The third kappa shape index (κ3) is 5.68. The van der Waals surface area contributed by atoms with Gasteiger partial charge in [-0.15, -0.1) is 9.24 Å². The average Bonchev–Trinajstić information content (AvgIpc) is 2.27. The molecule has 1 unspecified atom stereocenters. The number of likely N-dealkylation sites (N-methyl/N-ethyl adjacent to an activating group) is 1. The second-order valence-electron chi connectivity index (χ2n) is 5.41. The summed E-state index contributed by atoms with van der Waals surface area (Å²) in [4.78, 5) is 35.6. The Labute approximate surface area is 117 Å². The van der Waals surface area contributed by atoms with E-state index in [1.165, 1.54) is 4.90 Å². The SMILES string of the molecule is CC(C)CC(=O)N(C)[C@H](C(N)=O)[C@H](P)[C@H](C)CC=O. The van der Waals surface area contributed by atoms with Crippen LogP contribution in [0.1, 0.15) is 33.6 Å². The van der Waals surface area contributed by atoms with Gasteiger partial charge in [-0.25, -0.2) is 0 Å². The summed E-state index contributed by atoms with van der Waals surface area (Å²) in [6.45, 7) is 5.75. The second kappa shape index (κ2) is 8.26. The summed E-state index contributed by atoms with van der Waals surface area (Å²) >= 11 is 0. The van der Waals surface area contributed by atoms with E-state index in [2.05, 4.69) is 9.24 Å². The van der Waals surface area contributed by atoms with Crippen molar-refractivity contribution in [2.24, 2.45) is 17.6 Å². The number of nitrogens with zero attached hydrogens (tertiary/aromatic N) is 1. The predicted molar refractivity (Wildman–Crippen MR) is 78.6 cm³/mol.